The Bertz CT molecular complexity index is 790. The maximum Gasteiger partial charge on any atom is 0.308 e. The number of aldehydes is 1. The van der Waals surface area contributed by atoms with Crippen molar-refractivity contribution in [3.8, 4) is 0 Å². The SMILES string of the molecule is O=CCC1CCN(C(=O)Cn2c(=O)sc3ccc(Cl)cc32)CC1. The third-order valence-electron chi connectivity index (χ3n) is 4.32. The van der Waals surface area contributed by atoms with Crippen molar-refractivity contribution < 1.29 is 9.59 Å². The molecular formula is C16H17ClN2O3S. The van der Waals surface area contributed by atoms with Gasteiger partial charge >= 0.3 is 4.87 Å². The van der Waals surface area contributed by atoms with Gasteiger partial charge < -0.3 is 9.69 Å². The Morgan fingerprint density at radius 2 is 2.09 bits per heavy atom. The number of aromatic nitrogens is 1. The van der Waals surface area contributed by atoms with E-state index < -0.39 is 0 Å². The summed E-state index contributed by atoms with van der Waals surface area (Å²) in [5.74, 6) is 0.316. The first-order valence-corrected chi connectivity index (χ1v) is 8.78. The topological polar surface area (TPSA) is 59.4 Å². The number of likely N-dealkylation sites (tertiary alicyclic amines) is 1. The average molecular weight is 353 g/mol. The number of carbonyl (C=O) groups excluding carboxylic acids is 2. The van der Waals surface area contributed by atoms with E-state index in [-0.39, 0.29) is 17.3 Å². The van der Waals surface area contributed by atoms with Gasteiger partial charge in [-0.1, -0.05) is 22.9 Å². The average Bonchev–Trinajstić information content (AvgIpc) is 2.84. The minimum absolute atomic E-state index is 0.0392. The van der Waals surface area contributed by atoms with E-state index in [9.17, 15) is 14.4 Å². The van der Waals surface area contributed by atoms with Crippen LogP contribution in [0.25, 0.3) is 10.2 Å². The van der Waals surface area contributed by atoms with Crippen molar-refractivity contribution in [2.24, 2.45) is 5.92 Å². The van der Waals surface area contributed by atoms with Crippen LogP contribution < -0.4 is 4.87 Å². The predicted molar refractivity (Wildman–Crippen MR) is 91.1 cm³/mol. The summed E-state index contributed by atoms with van der Waals surface area (Å²) in [4.78, 5) is 36.8. The van der Waals surface area contributed by atoms with Crippen LogP contribution in [-0.4, -0.2) is 34.7 Å². The Kier molecular flexibility index (Phi) is 4.82. The standard InChI is InChI=1S/C16H17ClN2O3S/c17-12-1-2-14-13(9-12)19(16(22)23-14)10-15(21)18-6-3-11(4-7-18)5-8-20/h1-2,8-9,11H,3-7,10H2. The third kappa shape index (κ3) is 3.48. The zero-order chi connectivity index (χ0) is 16.4. The molecule has 1 amide bonds. The molecule has 0 N–H and O–H groups in total. The Hall–Kier alpha value is -1.66. The van der Waals surface area contributed by atoms with Crippen molar-refractivity contribution in [3.63, 3.8) is 0 Å². The highest BCUT2D eigenvalue weighted by atomic mass is 35.5. The van der Waals surface area contributed by atoms with Crippen molar-refractivity contribution in [1.29, 1.82) is 0 Å². The maximum absolute atomic E-state index is 12.5. The highest BCUT2D eigenvalue weighted by molar-refractivity contribution is 7.16. The van der Waals surface area contributed by atoms with E-state index in [1.165, 1.54) is 4.57 Å². The monoisotopic (exact) mass is 352 g/mol. The fourth-order valence-electron chi connectivity index (χ4n) is 2.97. The van der Waals surface area contributed by atoms with Gasteiger partial charge in [0, 0.05) is 24.5 Å². The molecular weight excluding hydrogens is 336 g/mol. The number of fused-ring (bicyclic) bond motifs is 1. The second-order valence-electron chi connectivity index (χ2n) is 5.79. The lowest BCUT2D eigenvalue weighted by atomic mass is 9.94. The number of rotatable bonds is 4. The quantitative estimate of drug-likeness (QED) is 0.794. The fourth-order valence-corrected chi connectivity index (χ4v) is 4.01. The summed E-state index contributed by atoms with van der Waals surface area (Å²) >= 11 is 7.12. The van der Waals surface area contributed by atoms with Gasteiger partial charge in [-0.05, 0) is 37.0 Å². The minimum atomic E-state index is -0.147. The number of benzene rings is 1. The second-order valence-corrected chi connectivity index (χ2v) is 7.22. The Labute approximate surface area is 142 Å². The molecule has 1 aliphatic rings. The third-order valence-corrected chi connectivity index (χ3v) is 5.51. The molecule has 7 heteroatoms. The molecule has 0 aliphatic carbocycles. The molecule has 1 aliphatic heterocycles. The van der Waals surface area contributed by atoms with Crippen LogP contribution in [0.1, 0.15) is 19.3 Å². The van der Waals surface area contributed by atoms with Crippen molar-refractivity contribution in [1.82, 2.24) is 9.47 Å². The number of nitrogens with zero attached hydrogens (tertiary/aromatic N) is 2. The maximum atomic E-state index is 12.5. The number of hydrogen-bond acceptors (Lipinski definition) is 4. The first-order valence-electron chi connectivity index (χ1n) is 7.59. The number of carbonyl (C=O) groups is 2. The van der Waals surface area contributed by atoms with Crippen molar-refractivity contribution in [2.75, 3.05) is 13.1 Å². The molecule has 1 saturated heterocycles. The molecule has 0 unspecified atom stereocenters. The number of thiazole rings is 1. The largest absolute Gasteiger partial charge is 0.341 e. The van der Waals surface area contributed by atoms with Gasteiger partial charge in [-0.3, -0.25) is 14.2 Å². The van der Waals surface area contributed by atoms with Gasteiger partial charge in [-0.2, -0.15) is 0 Å². The van der Waals surface area contributed by atoms with Crippen LogP contribution in [0.15, 0.2) is 23.0 Å². The van der Waals surface area contributed by atoms with Crippen LogP contribution >= 0.6 is 22.9 Å². The Balaban J connectivity index is 1.74. The van der Waals surface area contributed by atoms with Gasteiger partial charge in [0.1, 0.15) is 12.8 Å². The number of hydrogen-bond donors (Lipinski definition) is 0. The van der Waals surface area contributed by atoms with Crippen molar-refractivity contribution in [2.45, 2.75) is 25.8 Å². The number of amides is 1. The highest BCUT2D eigenvalue weighted by Crippen LogP contribution is 2.23. The molecule has 0 radical (unpaired) electrons. The molecule has 122 valence electrons. The zero-order valence-corrected chi connectivity index (χ0v) is 14.1. The molecule has 0 atom stereocenters. The van der Waals surface area contributed by atoms with E-state index in [4.69, 9.17) is 11.6 Å². The summed E-state index contributed by atoms with van der Waals surface area (Å²) in [6.45, 7) is 1.33. The molecule has 0 spiro atoms. The van der Waals surface area contributed by atoms with E-state index in [0.29, 0.717) is 36.0 Å². The van der Waals surface area contributed by atoms with Crippen LogP contribution in [-0.2, 0) is 16.1 Å². The molecule has 0 saturated carbocycles. The van der Waals surface area contributed by atoms with Crippen molar-refractivity contribution >= 4 is 45.3 Å². The van der Waals surface area contributed by atoms with Gasteiger partial charge in [0.05, 0.1) is 10.2 Å². The minimum Gasteiger partial charge on any atom is -0.341 e. The normalized spacial score (nSPS) is 16.0. The Morgan fingerprint density at radius 1 is 1.35 bits per heavy atom. The molecule has 2 heterocycles. The molecule has 1 aromatic heterocycles. The van der Waals surface area contributed by atoms with E-state index >= 15 is 0 Å². The van der Waals surface area contributed by atoms with E-state index in [1.54, 1.807) is 23.1 Å². The zero-order valence-electron chi connectivity index (χ0n) is 12.5. The molecule has 0 bridgehead atoms. The molecule has 3 rings (SSSR count). The molecule has 1 fully saturated rings. The van der Waals surface area contributed by atoms with Gasteiger partial charge in [-0.25, -0.2) is 0 Å². The van der Waals surface area contributed by atoms with Crippen molar-refractivity contribution in [3.05, 3.63) is 32.9 Å². The number of halogens is 1. The molecule has 23 heavy (non-hydrogen) atoms. The first-order chi connectivity index (χ1) is 11.1. The van der Waals surface area contributed by atoms with Gasteiger partial charge in [0.15, 0.2) is 0 Å². The summed E-state index contributed by atoms with van der Waals surface area (Å²) < 4.78 is 2.32. The van der Waals surface area contributed by atoms with Crippen LogP contribution in [0.2, 0.25) is 5.02 Å². The summed E-state index contributed by atoms with van der Waals surface area (Å²) in [7, 11) is 0. The smallest absolute Gasteiger partial charge is 0.308 e. The lowest BCUT2D eigenvalue weighted by molar-refractivity contribution is -0.133. The highest BCUT2D eigenvalue weighted by Gasteiger charge is 2.23. The first kappa shape index (κ1) is 16.2. The lowest BCUT2D eigenvalue weighted by Crippen LogP contribution is -2.41. The summed E-state index contributed by atoms with van der Waals surface area (Å²) in [5.41, 5.74) is 0.705. The van der Waals surface area contributed by atoms with Gasteiger partial charge in [0.2, 0.25) is 5.91 Å². The van der Waals surface area contributed by atoms with Gasteiger partial charge in [0.25, 0.3) is 0 Å². The number of piperidine rings is 1. The lowest BCUT2D eigenvalue weighted by Gasteiger charge is -2.31. The summed E-state index contributed by atoms with van der Waals surface area (Å²) in [5, 5.41) is 0.547. The van der Waals surface area contributed by atoms with E-state index in [0.717, 1.165) is 35.2 Å². The van der Waals surface area contributed by atoms with Crippen LogP contribution in [0.3, 0.4) is 0 Å². The molecule has 5 nitrogen and oxygen atoms in total. The van der Waals surface area contributed by atoms with Crippen LogP contribution in [0.5, 0.6) is 0 Å². The second kappa shape index (κ2) is 6.84. The fraction of sp³-hybridized carbons (Fsp3) is 0.438. The van der Waals surface area contributed by atoms with Gasteiger partial charge in [-0.15, -0.1) is 0 Å². The molecule has 2 aromatic rings. The summed E-state index contributed by atoms with van der Waals surface area (Å²) in [6.07, 6.45) is 3.20. The van der Waals surface area contributed by atoms with E-state index in [1.807, 2.05) is 0 Å². The van der Waals surface area contributed by atoms with Crippen LogP contribution in [0, 0.1) is 5.92 Å². The predicted octanol–water partition coefficient (Wildman–Crippen LogP) is 2.54. The Morgan fingerprint density at radius 3 is 2.78 bits per heavy atom. The van der Waals surface area contributed by atoms with E-state index in [2.05, 4.69) is 0 Å². The summed E-state index contributed by atoms with van der Waals surface area (Å²) in [6, 6.07) is 5.26. The van der Waals surface area contributed by atoms with Crippen LogP contribution in [0.4, 0.5) is 0 Å². The molecule has 1 aromatic carbocycles.